The van der Waals surface area contributed by atoms with Crippen molar-refractivity contribution in [2.45, 2.75) is 48.3 Å². The largest absolute Gasteiger partial charge is 0.341 e. The van der Waals surface area contributed by atoms with E-state index in [-0.39, 0.29) is 16.0 Å². The van der Waals surface area contributed by atoms with Crippen LogP contribution in [-0.4, -0.2) is 64.5 Å². The normalized spacial score (nSPS) is 25.1. The molecule has 27 heavy (non-hydrogen) atoms. The van der Waals surface area contributed by atoms with E-state index in [0.717, 1.165) is 31.5 Å². The number of amides is 1. The average Bonchev–Trinajstić information content (AvgIpc) is 3.31. The van der Waals surface area contributed by atoms with Crippen molar-refractivity contribution in [3.05, 3.63) is 33.8 Å². The second kappa shape index (κ2) is 9.17. The molecule has 2 aliphatic rings. The molecule has 1 aliphatic heterocycles. The number of likely N-dealkylation sites (N-methyl/N-ethyl adjacent to an activating group) is 1. The summed E-state index contributed by atoms with van der Waals surface area (Å²) in [6.07, 6.45) is 9.55. The van der Waals surface area contributed by atoms with Crippen LogP contribution in [0.2, 0.25) is 10.0 Å². The average molecular weight is 447 g/mol. The zero-order valence-electron chi connectivity index (χ0n) is 16.2. The van der Waals surface area contributed by atoms with E-state index in [2.05, 4.69) is 17.4 Å². The van der Waals surface area contributed by atoms with Crippen LogP contribution in [0.3, 0.4) is 0 Å². The van der Waals surface area contributed by atoms with Crippen LogP contribution in [0.15, 0.2) is 18.2 Å². The molecule has 3 nitrogen and oxygen atoms in total. The summed E-state index contributed by atoms with van der Waals surface area (Å²) >= 11 is 16.1. The molecular weight excluding hydrogens is 419 g/mol. The van der Waals surface area contributed by atoms with Crippen LogP contribution in [0.25, 0.3) is 0 Å². The molecule has 150 valence electrons. The number of hydrogen-bond acceptors (Lipinski definition) is 4. The lowest BCUT2D eigenvalue weighted by Crippen LogP contribution is -2.55. The van der Waals surface area contributed by atoms with Gasteiger partial charge in [-0.1, -0.05) is 29.3 Å². The van der Waals surface area contributed by atoms with Gasteiger partial charge in [-0.15, -0.1) is 23.5 Å². The third kappa shape index (κ3) is 4.42. The minimum atomic E-state index is 0.153. The van der Waals surface area contributed by atoms with Crippen molar-refractivity contribution < 1.29 is 4.79 Å². The van der Waals surface area contributed by atoms with E-state index < -0.39 is 0 Å². The fraction of sp³-hybridized carbons (Fsp3) is 0.650. The Balaban J connectivity index is 1.77. The molecule has 2 atom stereocenters. The highest BCUT2D eigenvalue weighted by Crippen LogP contribution is 2.51. The third-order valence-corrected chi connectivity index (χ3v) is 10.1. The Bertz CT molecular complexity index is 678. The fourth-order valence-corrected chi connectivity index (χ4v) is 7.28. The Morgan fingerprint density at radius 3 is 2.48 bits per heavy atom. The number of halogens is 2. The van der Waals surface area contributed by atoms with E-state index in [0.29, 0.717) is 22.5 Å². The minimum absolute atomic E-state index is 0.153. The van der Waals surface area contributed by atoms with Crippen molar-refractivity contribution >= 4 is 52.6 Å². The van der Waals surface area contributed by atoms with Gasteiger partial charge in [0.2, 0.25) is 5.91 Å². The second-order valence-corrected chi connectivity index (χ2v) is 10.8. The quantitative estimate of drug-likeness (QED) is 0.570. The summed E-state index contributed by atoms with van der Waals surface area (Å²) in [6.45, 7) is 2.30. The van der Waals surface area contributed by atoms with Gasteiger partial charge in [-0.25, -0.2) is 0 Å². The number of benzene rings is 1. The number of nitrogens with zero attached hydrogens (tertiary/aromatic N) is 2. The number of rotatable bonds is 6. The monoisotopic (exact) mass is 446 g/mol. The van der Waals surface area contributed by atoms with Crippen LogP contribution in [0, 0.1) is 0 Å². The summed E-state index contributed by atoms with van der Waals surface area (Å²) in [5, 5.41) is 1.03. The summed E-state index contributed by atoms with van der Waals surface area (Å²) in [5.74, 6) is 0.153. The highest BCUT2D eigenvalue weighted by atomic mass is 35.5. The number of likely N-dealkylation sites (tertiary alicyclic amines) is 1. The van der Waals surface area contributed by atoms with Crippen LogP contribution in [-0.2, 0) is 11.2 Å². The Morgan fingerprint density at radius 1 is 1.22 bits per heavy atom. The highest BCUT2D eigenvalue weighted by Gasteiger charge is 2.52. The van der Waals surface area contributed by atoms with E-state index in [1.54, 1.807) is 12.1 Å². The smallest absolute Gasteiger partial charge is 0.227 e. The molecule has 1 saturated carbocycles. The Labute approximate surface area is 181 Å². The molecule has 0 spiro atoms. The third-order valence-electron chi connectivity index (χ3n) is 6.06. The summed E-state index contributed by atoms with van der Waals surface area (Å²) < 4.78 is 0.174. The lowest BCUT2D eigenvalue weighted by molar-refractivity contribution is -0.132. The Kier molecular flexibility index (Phi) is 7.34. The molecule has 7 heteroatoms. The van der Waals surface area contributed by atoms with Gasteiger partial charge in [0.1, 0.15) is 0 Å². The van der Waals surface area contributed by atoms with Gasteiger partial charge in [-0.05, 0) is 69.0 Å². The zero-order valence-corrected chi connectivity index (χ0v) is 19.4. The molecule has 2 unspecified atom stereocenters. The second-order valence-electron chi connectivity index (χ2n) is 7.44. The molecule has 1 amide bonds. The van der Waals surface area contributed by atoms with E-state index in [4.69, 9.17) is 23.2 Å². The first-order valence-electron chi connectivity index (χ1n) is 9.46. The zero-order chi connectivity index (χ0) is 19.6. The van der Waals surface area contributed by atoms with Crippen molar-refractivity contribution in [1.82, 2.24) is 9.80 Å². The van der Waals surface area contributed by atoms with Gasteiger partial charge in [-0.3, -0.25) is 9.69 Å². The maximum atomic E-state index is 13.1. The summed E-state index contributed by atoms with van der Waals surface area (Å²) in [7, 11) is 1.98. The van der Waals surface area contributed by atoms with Gasteiger partial charge in [0.05, 0.1) is 26.6 Å². The van der Waals surface area contributed by atoms with Crippen molar-refractivity contribution in [3.63, 3.8) is 0 Å². The van der Waals surface area contributed by atoms with Gasteiger partial charge in [-0.2, -0.15) is 0 Å². The predicted molar refractivity (Wildman–Crippen MR) is 120 cm³/mol. The van der Waals surface area contributed by atoms with Crippen LogP contribution in [0.5, 0.6) is 0 Å². The van der Waals surface area contributed by atoms with Gasteiger partial charge in [0.25, 0.3) is 0 Å². The first-order valence-corrected chi connectivity index (χ1v) is 12.7. The number of carbonyl (C=O) groups excluding carboxylic acids is 1. The van der Waals surface area contributed by atoms with E-state index in [1.807, 2.05) is 41.5 Å². The molecule has 0 aromatic heterocycles. The molecule has 3 rings (SSSR count). The van der Waals surface area contributed by atoms with Crippen molar-refractivity contribution in [2.75, 3.05) is 32.6 Å². The van der Waals surface area contributed by atoms with Crippen LogP contribution >= 0.6 is 46.7 Å². The fourth-order valence-electron chi connectivity index (χ4n) is 4.56. The molecule has 0 N–H and O–H groups in total. The number of carbonyl (C=O) groups is 1. The first kappa shape index (κ1) is 21.6. The Morgan fingerprint density at radius 2 is 1.89 bits per heavy atom. The molecule has 1 aliphatic carbocycles. The number of thioether (sulfide) groups is 2. The molecule has 1 aromatic rings. The van der Waals surface area contributed by atoms with E-state index in [1.165, 1.54) is 12.8 Å². The van der Waals surface area contributed by atoms with Crippen LogP contribution < -0.4 is 0 Å². The Hall–Kier alpha value is -0.0700. The number of hydrogen-bond donors (Lipinski definition) is 0. The highest BCUT2D eigenvalue weighted by molar-refractivity contribution is 8.17. The molecule has 1 heterocycles. The summed E-state index contributed by atoms with van der Waals surface area (Å²) in [6, 6.07) is 6.13. The van der Waals surface area contributed by atoms with Gasteiger partial charge < -0.3 is 4.90 Å². The van der Waals surface area contributed by atoms with Gasteiger partial charge >= 0.3 is 0 Å². The topological polar surface area (TPSA) is 23.6 Å². The SMILES string of the molecule is CSC1(SC)CCC(N(C)C(=O)Cc2ccc(Cl)c(Cl)c2)C1N1CCCC1. The van der Waals surface area contributed by atoms with E-state index in [9.17, 15) is 4.79 Å². The molecule has 0 radical (unpaired) electrons. The molecule has 1 aromatic carbocycles. The van der Waals surface area contributed by atoms with Gasteiger partial charge in [0, 0.05) is 13.1 Å². The lowest BCUT2D eigenvalue weighted by Gasteiger charge is -2.43. The molecule has 1 saturated heterocycles. The predicted octanol–water partition coefficient (Wildman–Crippen LogP) is 5.04. The van der Waals surface area contributed by atoms with Crippen LogP contribution in [0.1, 0.15) is 31.2 Å². The lowest BCUT2D eigenvalue weighted by atomic mass is 10.1. The maximum Gasteiger partial charge on any atom is 0.227 e. The minimum Gasteiger partial charge on any atom is -0.341 e. The summed E-state index contributed by atoms with van der Waals surface area (Å²) in [5.41, 5.74) is 0.915. The van der Waals surface area contributed by atoms with Crippen molar-refractivity contribution in [1.29, 1.82) is 0 Å². The molecule has 0 bridgehead atoms. The van der Waals surface area contributed by atoms with Crippen molar-refractivity contribution in [2.24, 2.45) is 0 Å². The standard InChI is InChI=1S/C20H28Cl2N2OS2/c1-23(18(25)13-14-6-7-15(21)16(22)12-14)17-8-9-20(26-2,27-3)19(17)24-10-4-5-11-24/h6-7,12,17,19H,4-5,8-11,13H2,1-3H3. The summed E-state index contributed by atoms with van der Waals surface area (Å²) in [4.78, 5) is 17.7. The van der Waals surface area contributed by atoms with E-state index >= 15 is 0 Å². The van der Waals surface area contributed by atoms with Crippen molar-refractivity contribution in [3.8, 4) is 0 Å². The maximum absolute atomic E-state index is 13.1. The molecule has 2 fully saturated rings. The molecular formula is C20H28Cl2N2OS2. The van der Waals surface area contributed by atoms with Gasteiger partial charge in [0.15, 0.2) is 0 Å². The van der Waals surface area contributed by atoms with Crippen LogP contribution in [0.4, 0.5) is 0 Å². The first-order chi connectivity index (χ1) is 12.9.